The van der Waals surface area contributed by atoms with Gasteiger partial charge in [0.15, 0.2) is 0 Å². The zero-order valence-corrected chi connectivity index (χ0v) is 67.5. The number of ketones is 3. The third kappa shape index (κ3) is 33.1. The normalized spacial score (nSPS) is 29.8. The van der Waals surface area contributed by atoms with Crippen molar-refractivity contribution in [2.45, 2.75) is 326 Å². The van der Waals surface area contributed by atoms with Gasteiger partial charge in [-0.05, 0) is 185 Å². The second kappa shape index (κ2) is 52.3. The van der Waals surface area contributed by atoms with Crippen molar-refractivity contribution in [3.63, 3.8) is 0 Å². The molecule has 0 aliphatic heterocycles. The van der Waals surface area contributed by atoms with E-state index in [1.807, 2.05) is 91.0 Å². The number of carbonyl (C=O) groups excluding carboxylic acids is 7. The molecular weight excluding hydrogens is 1420 g/mol. The van der Waals surface area contributed by atoms with Crippen molar-refractivity contribution in [3.8, 4) is 0 Å². The number of alkyl carbamates (subject to hydrolysis) is 3. The van der Waals surface area contributed by atoms with Gasteiger partial charge in [-0.1, -0.05) is 213 Å². The van der Waals surface area contributed by atoms with Gasteiger partial charge in [0.1, 0.15) is 44.7 Å². The highest BCUT2D eigenvalue weighted by Crippen LogP contribution is 2.46. The first kappa shape index (κ1) is 91.2. The fourth-order valence-electron chi connectivity index (χ4n) is 20.2. The van der Waals surface area contributed by atoms with Crippen molar-refractivity contribution in [2.75, 3.05) is 19.6 Å². The van der Waals surface area contributed by atoms with Gasteiger partial charge in [0.25, 0.3) is 0 Å². The molecule has 13 saturated carbocycles. The van der Waals surface area contributed by atoms with Gasteiger partial charge in [0.05, 0.1) is 61.8 Å². The van der Waals surface area contributed by atoms with Gasteiger partial charge in [-0.2, -0.15) is 0 Å². The zero-order valence-electron chi connectivity index (χ0n) is 67.5. The summed E-state index contributed by atoms with van der Waals surface area (Å²) < 4.78 is 15.0. The van der Waals surface area contributed by atoms with E-state index < -0.39 is 30.5 Å². The second-order valence-electron chi connectivity index (χ2n) is 34.1. The van der Waals surface area contributed by atoms with Gasteiger partial charge < -0.3 is 65.6 Å². The maximum atomic E-state index is 11.5. The van der Waals surface area contributed by atoms with Crippen LogP contribution >= 0.6 is 0 Å². The van der Waals surface area contributed by atoms with Gasteiger partial charge in [-0.25, -0.2) is 24.0 Å². The van der Waals surface area contributed by atoms with E-state index in [0.717, 1.165) is 111 Å². The molecule has 0 unspecified atom stereocenters. The summed E-state index contributed by atoms with van der Waals surface area (Å²) in [5.41, 5.74) is 2.77. The Morgan fingerprint density at radius 1 is 0.375 bits per heavy atom. The van der Waals surface area contributed by atoms with E-state index in [4.69, 9.17) is 14.2 Å². The molecule has 0 radical (unpaired) electrons. The van der Waals surface area contributed by atoms with Crippen LogP contribution in [0, 0.1) is 83.9 Å². The molecule has 0 spiro atoms. The molecule has 622 valence electrons. The number of ether oxygens (including phenoxy) is 3. The highest BCUT2D eigenvalue weighted by molar-refractivity contribution is 5.91. The summed E-state index contributed by atoms with van der Waals surface area (Å²) in [7, 11) is 0. The molecule has 19 heteroatoms. The molecule has 3 aromatic rings. The highest BCUT2D eigenvalue weighted by Gasteiger charge is 2.41. The number of hydrogen-bond acceptors (Lipinski definition) is 16. The number of aliphatic hydroxyl groups excluding tert-OH is 6. The number of fused-ring (bicyclic) bond motifs is 5. The molecule has 0 saturated heterocycles. The Hall–Kier alpha value is -6.35. The number of aliphatic hydroxyl groups is 6. The first-order valence-corrected chi connectivity index (χ1v) is 44.1. The summed E-state index contributed by atoms with van der Waals surface area (Å²) in [5, 5.41) is 65.8. The Morgan fingerprint density at radius 3 is 1.02 bits per heavy atom. The molecule has 19 nitrogen and oxygen atoms in total. The average molecular weight is 1560 g/mol. The Balaban J connectivity index is 0.000000162. The molecule has 9 N–H and O–H groups in total. The molecule has 16 rings (SSSR count). The van der Waals surface area contributed by atoms with Gasteiger partial charge in [0, 0.05) is 44.8 Å². The minimum absolute atomic E-state index is 0.00848. The van der Waals surface area contributed by atoms with Crippen molar-refractivity contribution in [1.29, 1.82) is 0 Å². The zero-order chi connectivity index (χ0) is 79.5. The van der Waals surface area contributed by atoms with Crippen molar-refractivity contribution in [1.82, 2.24) is 16.0 Å². The second-order valence-corrected chi connectivity index (χ2v) is 34.1. The standard InChI is InChI=1S/C16H21NO4.C16H19NO4.C11H13NO3.4C9H16O.C9H16.C5H7O/c2*18-14-8-4-7-13(14)15(19)9-10-17-16(20)21-11-12-5-2-1-3-6-12;13-8-4-7-12-11(14)15-9-10-5-2-1-3-6-10;4*10-9-6-2-4-7-3-1-5-8(7)9;1-2-5-9-7-3-6-8(9)4-1;6-5-3-1-2-4-5/h1-3,5-6,13,15,19H,4,7-11H2,(H,17,20);1-3,5-6,8,13,15,19H,4,7,9-11H2;1-3,5-6,8H,4,7,9H2,(H,12,14);4*7-10H,1-6H2;8-9H,1-7H2;3H,1-2,4H2/q;;;;;;;;+1/p+1/t13-,15-;13-,15+;;7-,8+,9+;7-,8+,9-;7-,8-,9+;7-,8-,9-;8-,9+;/m00.1100../s1. The van der Waals surface area contributed by atoms with Crippen molar-refractivity contribution in [3.05, 3.63) is 121 Å². The van der Waals surface area contributed by atoms with Crippen LogP contribution in [0.1, 0.15) is 286 Å². The summed E-state index contributed by atoms with van der Waals surface area (Å²) in [6, 6.07) is 28.2. The highest BCUT2D eigenvalue weighted by atomic mass is 16.6. The van der Waals surface area contributed by atoms with Crippen LogP contribution in [0.15, 0.2) is 91.0 Å². The van der Waals surface area contributed by atoms with E-state index in [1.54, 1.807) is 38.5 Å². The molecule has 3 amide bonds. The molecule has 13 aliphatic rings. The monoisotopic (exact) mass is 1560 g/mol. The van der Waals surface area contributed by atoms with Crippen LogP contribution < -0.4 is 16.0 Å². The molecular formula is C93H141N3O16+2. The molecule has 3 aromatic carbocycles. The van der Waals surface area contributed by atoms with E-state index in [9.17, 15) is 64.2 Å². The van der Waals surface area contributed by atoms with Crippen LogP contribution in [0.25, 0.3) is 0 Å². The van der Waals surface area contributed by atoms with Gasteiger partial charge in [-0.3, -0.25) is 4.79 Å². The van der Waals surface area contributed by atoms with Crippen molar-refractivity contribution < 1.29 is 78.4 Å². The fourth-order valence-corrected chi connectivity index (χ4v) is 20.2. The summed E-state index contributed by atoms with van der Waals surface area (Å²) in [4.78, 5) is 77.1. The third-order valence-electron chi connectivity index (χ3n) is 26.4. The molecule has 0 heterocycles. The summed E-state index contributed by atoms with van der Waals surface area (Å²) in [5.74, 6) is 8.56. The lowest BCUT2D eigenvalue weighted by molar-refractivity contribution is -0.124. The Bertz CT molecular complexity index is 2900. The van der Waals surface area contributed by atoms with Crippen LogP contribution in [0.2, 0.25) is 0 Å². The van der Waals surface area contributed by atoms with Crippen LogP contribution in [0.3, 0.4) is 0 Å². The van der Waals surface area contributed by atoms with Crippen molar-refractivity contribution in [2.24, 2.45) is 71.0 Å². The minimum Gasteiger partial charge on any atom is -0.445 e. The first-order valence-electron chi connectivity index (χ1n) is 44.1. The van der Waals surface area contributed by atoms with E-state index in [2.05, 4.69) is 16.0 Å². The van der Waals surface area contributed by atoms with Crippen LogP contribution in [-0.4, -0.2) is 129 Å². The SMILES string of the molecule is C1CC[C@H]2CCC[C@H]2C1.O=C(NCC[C@@H](O)[C@H]1CC[CH+]C1=O)OCc1ccccc1.O=C(NCC[C@H](O)[C@H]1CCCC1=O)OCc1ccccc1.O=C1[CH+]CCC1.O=CCCNC(=O)OCc1ccccc1.O[C@@H]1CCC[C@@H]2CCC[C@@H]21.O[C@@H]1CCC[C@H]2CCC[C@@H]21.O[C@H]1CCC[C@@H]2CCC[C@@H]21.O[C@H]1CCC[C@H]2CCC[C@@H]21. The number of carbonyl (C=O) groups is 7. The van der Waals surface area contributed by atoms with Crippen LogP contribution in [0.5, 0.6) is 0 Å². The predicted octanol–water partition coefficient (Wildman–Crippen LogP) is 17.1. The molecule has 18 atom stereocenters. The number of benzene rings is 3. The van der Waals surface area contributed by atoms with Gasteiger partial charge in [0.2, 0.25) is 0 Å². The summed E-state index contributed by atoms with van der Waals surface area (Å²) in [6.45, 7) is 1.59. The lowest BCUT2D eigenvalue weighted by Crippen LogP contribution is -2.31. The van der Waals surface area contributed by atoms with Gasteiger partial charge in [-0.15, -0.1) is 0 Å². The summed E-state index contributed by atoms with van der Waals surface area (Å²) >= 11 is 0. The minimum atomic E-state index is -0.703. The van der Waals surface area contributed by atoms with E-state index in [-0.39, 0.29) is 67.6 Å². The quantitative estimate of drug-likeness (QED) is 0.0263. The first-order chi connectivity index (χ1) is 54.5. The van der Waals surface area contributed by atoms with Crippen molar-refractivity contribution >= 4 is 41.9 Å². The summed E-state index contributed by atoms with van der Waals surface area (Å²) in [6.07, 6.45) is 50.9. The van der Waals surface area contributed by atoms with E-state index in [1.165, 1.54) is 160 Å². The maximum absolute atomic E-state index is 11.5. The number of Topliss-reactive ketones (excluding diaryl/α,β-unsaturated/α-hetero) is 3. The topological polar surface area (TPSA) is 305 Å². The number of rotatable bonds is 17. The number of amides is 3. The lowest BCUT2D eigenvalue weighted by Gasteiger charge is -2.29. The largest absolute Gasteiger partial charge is 0.445 e. The van der Waals surface area contributed by atoms with E-state index >= 15 is 0 Å². The smallest absolute Gasteiger partial charge is 0.407 e. The van der Waals surface area contributed by atoms with Crippen LogP contribution in [-0.2, 0) is 53.2 Å². The van der Waals surface area contributed by atoms with Crippen LogP contribution in [0.4, 0.5) is 14.4 Å². The third-order valence-corrected chi connectivity index (χ3v) is 26.4. The number of nitrogens with one attached hydrogen (secondary N) is 3. The Kier molecular flexibility index (Phi) is 42.6. The maximum Gasteiger partial charge on any atom is 0.407 e. The Morgan fingerprint density at radius 2 is 0.714 bits per heavy atom. The Labute approximate surface area is 670 Å². The number of hydrogen-bond donors (Lipinski definition) is 9. The predicted molar refractivity (Wildman–Crippen MR) is 435 cm³/mol. The molecule has 13 fully saturated rings. The lowest BCUT2D eigenvalue weighted by atomic mass is 9.80. The van der Waals surface area contributed by atoms with E-state index in [0.29, 0.717) is 81.2 Å². The molecule has 112 heavy (non-hydrogen) atoms. The van der Waals surface area contributed by atoms with Gasteiger partial charge >= 0.3 is 29.8 Å². The average Bonchev–Trinajstić information content (AvgIpc) is 1.71. The fraction of sp³-hybridized carbons (Fsp3) is 0.710. The molecule has 0 bridgehead atoms. The molecule has 13 aliphatic carbocycles. The molecule has 0 aromatic heterocycles. The number of aldehydes is 1.